The average molecular weight is 352 g/mol. The molecule has 0 radical (unpaired) electrons. The van der Waals surface area contributed by atoms with E-state index in [4.69, 9.17) is 9.47 Å². The number of amides is 1. The maximum Gasteiger partial charge on any atom is 0.223 e. The summed E-state index contributed by atoms with van der Waals surface area (Å²) in [6.45, 7) is 8.68. The van der Waals surface area contributed by atoms with Gasteiger partial charge in [-0.25, -0.2) is 4.39 Å². The first-order chi connectivity index (χ1) is 12.0. The molecule has 1 heterocycles. The molecule has 1 aliphatic rings. The SMILES string of the molecule is CC(C)CC(CNC(=O)CCOc1ccc(F)cc1)N1CCOCC1. The van der Waals surface area contributed by atoms with E-state index in [1.165, 1.54) is 12.1 Å². The molecule has 0 aliphatic carbocycles. The van der Waals surface area contributed by atoms with E-state index < -0.39 is 0 Å². The number of hydrogen-bond acceptors (Lipinski definition) is 4. The first-order valence-electron chi connectivity index (χ1n) is 9.01. The minimum absolute atomic E-state index is 0.0240. The molecule has 6 heteroatoms. The Kier molecular flexibility index (Phi) is 8.15. The first kappa shape index (κ1) is 19.7. The summed E-state index contributed by atoms with van der Waals surface area (Å²) < 4.78 is 23.7. The van der Waals surface area contributed by atoms with Crippen LogP contribution < -0.4 is 10.1 Å². The van der Waals surface area contributed by atoms with Gasteiger partial charge in [0.25, 0.3) is 0 Å². The van der Waals surface area contributed by atoms with Crippen molar-refractivity contribution in [1.29, 1.82) is 0 Å². The summed E-state index contributed by atoms with van der Waals surface area (Å²) in [5.74, 6) is 0.820. The van der Waals surface area contributed by atoms with Gasteiger partial charge in [-0.3, -0.25) is 9.69 Å². The molecule has 1 unspecified atom stereocenters. The minimum Gasteiger partial charge on any atom is -0.493 e. The fraction of sp³-hybridized carbons (Fsp3) is 0.632. The van der Waals surface area contributed by atoms with Gasteiger partial charge in [-0.2, -0.15) is 0 Å². The third-order valence-electron chi connectivity index (χ3n) is 4.25. The standard InChI is InChI=1S/C19H29FN2O3/c1-15(2)13-17(22-8-11-24-12-9-22)14-21-19(23)7-10-25-18-5-3-16(20)4-6-18/h3-6,15,17H,7-14H2,1-2H3,(H,21,23). The maximum absolute atomic E-state index is 12.8. The van der Waals surface area contributed by atoms with Gasteiger partial charge < -0.3 is 14.8 Å². The van der Waals surface area contributed by atoms with E-state index in [1.807, 2.05) is 0 Å². The van der Waals surface area contributed by atoms with E-state index in [1.54, 1.807) is 12.1 Å². The molecule has 1 N–H and O–H groups in total. The molecule has 1 aromatic rings. The lowest BCUT2D eigenvalue weighted by Gasteiger charge is -2.35. The van der Waals surface area contributed by atoms with Crippen molar-refractivity contribution in [2.24, 2.45) is 5.92 Å². The summed E-state index contributed by atoms with van der Waals surface area (Å²) in [6.07, 6.45) is 1.33. The highest BCUT2D eigenvalue weighted by Crippen LogP contribution is 2.13. The van der Waals surface area contributed by atoms with Crippen LogP contribution in [0, 0.1) is 11.7 Å². The molecule has 25 heavy (non-hydrogen) atoms. The van der Waals surface area contributed by atoms with Gasteiger partial charge in [-0.15, -0.1) is 0 Å². The summed E-state index contributed by atoms with van der Waals surface area (Å²) in [6, 6.07) is 6.14. The molecule has 1 aromatic carbocycles. The molecule has 2 rings (SSSR count). The van der Waals surface area contributed by atoms with Crippen LogP contribution in [0.1, 0.15) is 26.7 Å². The van der Waals surface area contributed by atoms with E-state index in [9.17, 15) is 9.18 Å². The van der Waals surface area contributed by atoms with Crippen molar-refractivity contribution < 1.29 is 18.7 Å². The minimum atomic E-state index is -0.301. The van der Waals surface area contributed by atoms with E-state index in [0.717, 1.165) is 32.7 Å². The molecule has 140 valence electrons. The Hall–Kier alpha value is -1.66. The number of rotatable bonds is 9. The number of benzene rings is 1. The highest BCUT2D eigenvalue weighted by Gasteiger charge is 2.22. The Morgan fingerprint density at radius 2 is 1.96 bits per heavy atom. The van der Waals surface area contributed by atoms with E-state index in [-0.39, 0.29) is 24.8 Å². The van der Waals surface area contributed by atoms with Crippen LogP contribution in [0.3, 0.4) is 0 Å². The van der Waals surface area contributed by atoms with Gasteiger partial charge in [0.2, 0.25) is 5.91 Å². The number of carbonyl (C=O) groups excluding carboxylic acids is 1. The second kappa shape index (κ2) is 10.4. The van der Waals surface area contributed by atoms with Crippen molar-refractivity contribution >= 4 is 5.91 Å². The monoisotopic (exact) mass is 352 g/mol. The molecular weight excluding hydrogens is 323 g/mol. The molecule has 1 aliphatic heterocycles. The topological polar surface area (TPSA) is 50.8 Å². The number of ether oxygens (including phenoxy) is 2. The Balaban J connectivity index is 1.71. The fourth-order valence-electron chi connectivity index (χ4n) is 2.96. The van der Waals surface area contributed by atoms with Crippen molar-refractivity contribution in [3.8, 4) is 5.75 Å². The normalized spacial score (nSPS) is 16.6. The van der Waals surface area contributed by atoms with Crippen LogP contribution in [0.25, 0.3) is 0 Å². The molecule has 5 nitrogen and oxygen atoms in total. The lowest BCUT2D eigenvalue weighted by atomic mass is 10.0. The van der Waals surface area contributed by atoms with Gasteiger partial charge in [-0.1, -0.05) is 13.8 Å². The zero-order valence-corrected chi connectivity index (χ0v) is 15.2. The molecule has 1 amide bonds. The molecule has 1 atom stereocenters. The molecule has 1 fully saturated rings. The molecule has 1 saturated heterocycles. The third-order valence-corrected chi connectivity index (χ3v) is 4.25. The summed E-state index contributed by atoms with van der Waals surface area (Å²) in [4.78, 5) is 14.5. The Labute approximate surface area is 149 Å². The van der Waals surface area contributed by atoms with Gasteiger partial charge in [0, 0.05) is 25.7 Å². The second-order valence-electron chi connectivity index (χ2n) is 6.79. The van der Waals surface area contributed by atoms with Crippen LogP contribution >= 0.6 is 0 Å². The number of nitrogens with zero attached hydrogens (tertiary/aromatic N) is 1. The summed E-state index contributed by atoms with van der Waals surface area (Å²) in [5, 5.41) is 3.02. The van der Waals surface area contributed by atoms with Crippen molar-refractivity contribution in [2.45, 2.75) is 32.7 Å². The van der Waals surface area contributed by atoms with Crippen LogP contribution in [-0.4, -0.2) is 56.3 Å². The van der Waals surface area contributed by atoms with Gasteiger partial charge in [-0.05, 0) is 36.6 Å². The highest BCUT2D eigenvalue weighted by molar-refractivity contribution is 5.76. The van der Waals surface area contributed by atoms with Gasteiger partial charge in [0.1, 0.15) is 11.6 Å². The zero-order valence-electron chi connectivity index (χ0n) is 15.2. The first-order valence-corrected chi connectivity index (χ1v) is 9.01. The summed E-state index contributed by atoms with van der Waals surface area (Å²) in [7, 11) is 0. The van der Waals surface area contributed by atoms with E-state index in [0.29, 0.717) is 24.3 Å². The molecular formula is C19H29FN2O3. The predicted molar refractivity (Wildman–Crippen MR) is 95.2 cm³/mol. The number of morpholine rings is 1. The number of carbonyl (C=O) groups is 1. The Morgan fingerprint density at radius 3 is 2.60 bits per heavy atom. The lowest BCUT2D eigenvalue weighted by Crippen LogP contribution is -2.49. The average Bonchev–Trinajstić information content (AvgIpc) is 2.61. The van der Waals surface area contributed by atoms with Crippen molar-refractivity contribution in [3.63, 3.8) is 0 Å². The van der Waals surface area contributed by atoms with Crippen LogP contribution in [-0.2, 0) is 9.53 Å². The Morgan fingerprint density at radius 1 is 1.28 bits per heavy atom. The molecule has 0 aromatic heterocycles. The predicted octanol–water partition coefficient (Wildman–Crippen LogP) is 2.46. The van der Waals surface area contributed by atoms with Crippen molar-refractivity contribution in [3.05, 3.63) is 30.1 Å². The van der Waals surface area contributed by atoms with Crippen molar-refractivity contribution in [2.75, 3.05) is 39.5 Å². The van der Waals surface area contributed by atoms with E-state index >= 15 is 0 Å². The maximum atomic E-state index is 12.8. The van der Waals surface area contributed by atoms with Gasteiger partial charge in [0.15, 0.2) is 0 Å². The van der Waals surface area contributed by atoms with Gasteiger partial charge >= 0.3 is 0 Å². The molecule has 0 spiro atoms. The molecule has 0 bridgehead atoms. The third kappa shape index (κ3) is 7.40. The summed E-state index contributed by atoms with van der Waals surface area (Å²) >= 11 is 0. The van der Waals surface area contributed by atoms with Crippen LogP contribution in [0.5, 0.6) is 5.75 Å². The summed E-state index contributed by atoms with van der Waals surface area (Å²) in [5.41, 5.74) is 0. The van der Waals surface area contributed by atoms with Gasteiger partial charge in [0.05, 0.1) is 26.2 Å². The number of hydrogen-bond donors (Lipinski definition) is 1. The number of nitrogens with one attached hydrogen (secondary N) is 1. The van der Waals surface area contributed by atoms with E-state index in [2.05, 4.69) is 24.1 Å². The van der Waals surface area contributed by atoms with Crippen LogP contribution in [0.4, 0.5) is 4.39 Å². The zero-order chi connectivity index (χ0) is 18.1. The second-order valence-corrected chi connectivity index (χ2v) is 6.79. The van der Waals surface area contributed by atoms with Crippen molar-refractivity contribution in [1.82, 2.24) is 10.2 Å². The fourth-order valence-corrected chi connectivity index (χ4v) is 2.96. The van der Waals surface area contributed by atoms with Crippen LogP contribution in [0.15, 0.2) is 24.3 Å². The Bertz CT molecular complexity index is 516. The lowest BCUT2D eigenvalue weighted by molar-refractivity contribution is -0.122. The smallest absolute Gasteiger partial charge is 0.223 e. The highest BCUT2D eigenvalue weighted by atomic mass is 19.1. The molecule has 0 saturated carbocycles. The quantitative estimate of drug-likeness (QED) is 0.742. The largest absolute Gasteiger partial charge is 0.493 e. The van der Waals surface area contributed by atoms with Crippen LogP contribution in [0.2, 0.25) is 0 Å². The number of halogens is 1.